The number of halogens is 2. The summed E-state index contributed by atoms with van der Waals surface area (Å²) in [6, 6.07) is 10.7. The second kappa shape index (κ2) is 7.94. The predicted octanol–water partition coefficient (Wildman–Crippen LogP) is 3.27. The summed E-state index contributed by atoms with van der Waals surface area (Å²) in [5.74, 6) is -0.503. The van der Waals surface area contributed by atoms with Gasteiger partial charge in [0.05, 0.1) is 28.7 Å². The molecule has 1 aliphatic rings. The second-order valence-corrected chi connectivity index (χ2v) is 8.40. The highest BCUT2D eigenvalue weighted by atomic mass is 35.5. The Hall–Kier alpha value is -1.64. The average Bonchev–Trinajstić information content (AvgIpc) is 2.64. The zero-order chi connectivity index (χ0) is 18.7. The van der Waals surface area contributed by atoms with Crippen LogP contribution in [0.3, 0.4) is 0 Å². The van der Waals surface area contributed by atoms with Crippen LogP contribution in [0.4, 0.5) is 5.69 Å². The maximum absolute atomic E-state index is 12.8. The van der Waals surface area contributed by atoms with Crippen LogP contribution < -0.4 is 5.32 Å². The standard InChI is InChI=1S/C17H16Cl2N2O4S/c18-12-1-3-13(4-2-12)20-17(22)15-11-14(5-6-16(15)19)26(23,24)21-7-9-25-10-8-21/h1-6,11H,7-10H2,(H,20,22). The van der Waals surface area contributed by atoms with Gasteiger partial charge in [-0.1, -0.05) is 23.2 Å². The SMILES string of the molecule is O=C(Nc1ccc(Cl)cc1)c1cc(S(=O)(=O)N2CCOCC2)ccc1Cl. The van der Waals surface area contributed by atoms with E-state index in [2.05, 4.69) is 5.32 Å². The Labute approximate surface area is 161 Å². The maximum Gasteiger partial charge on any atom is 0.257 e. The summed E-state index contributed by atoms with van der Waals surface area (Å²) in [5.41, 5.74) is 0.604. The Morgan fingerprint density at radius 2 is 1.69 bits per heavy atom. The van der Waals surface area contributed by atoms with Crippen molar-refractivity contribution in [3.8, 4) is 0 Å². The lowest BCUT2D eigenvalue weighted by Crippen LogP contribution is -2.40. The Morgan fingerprint density at radius 1 is 1.04 bits per heavy atom. The first-order chi connectivity index (χ1) is 12.4. The van der Waals surface area contributed by atoms with E-state index in [0.29, 0.717) is 23.9 Å². The quantitative estimate of drug-likeness (QED) is 0.832. The molecule has 0 bridgehead atoms. The van der Waals surface area contributed by atoms with Gasteiger partial charge in [0.15, 0.2) is 0 Å². The molecule has 6 nitrogen and oxygen atoms in total. The number of rotatable bonds is 4. The third-order valence-corrected chi connectivity index (χ3v) is 6.37. The Kier molecular flexibility index (Phi) is 5.84. The Morgan fingerprint density at radius 3 is 2.35 bits per heavy atom. The second-order valence-electron chi connectivity index (χ2n) is 5.62. The van der Waals surface area contributed by atoms with Crippen LogP contribution in [0.15, 0.2) is 47.4 Å². The van der Waals surface area contributed by atoms with Crippen molar-refractivity contribution in [1.82, 2.24) is 4.31 Å². The molecule has 3 rings (SSSR count). The van der Waals surface area contributed by atoms with Crippen molar-refractivity contribution in [3.63, 3.8) is 0 Å². The number of benzene rings is 2. The molecule has 2 aromatic rings. The van der Waals surface area contributed by atoms with Crippen molar-refractivity contribution in [2.45, 2.75) is 4.90 Å². The largest absolute Gasteiger partial charge is 0.379 e. The summed E-state index contributed by atoms with van der Waals surface area (Å²) < 4.78 is 32.0. The number of hydrogen-bond acceptors (Lipinski definition) is 4. The van der Waals surface area contributed by atoms with Gasteiger partial charge >= 0.3 is 0 Å². The molecule has 1 N–H and O–H groups in total. The van der Waals surface area contributed by atoms with E-state index < -0.39 is 15.9 Å². The van der Waals surface area contributed by atoms with Gasteiger partial charge in [0, 0.05) is 23.8 Å². The summed E-state index contributed by atoms with van der Waals surface area (Å²) in [4.78, 5) is 12.5. The van der Waals surface area contributed by atoms with Gasteiger partial charge in [-0.25, -0.2) is 8.42 Å². The fourth-order valence-electron chi connectivity index (χ4n) is 2.51. The van der Waals surface area contributed by atoms with Crippen molar-refractivity contribution >= 4 is 44.8 Å². The van der Waals surface area contributed by atoms with E-state index >= 15 is 0 Å². The molecule has 1 fully saturated rings. The Balaban J connectivity index is 1.87. The molecule has 0 atom stereocenters. The number of nitrogens with one attached hydrogen (secondary N) is 1. The van der Waals surface area contributed by atoms with Crippen LogP contribution in [0.5, 0.6) is 0 Å². The van der Waals surface area contributed by atoms with Gasteiger partial charge < -0.3 is 10.1 Å². The fourth-order valence-corrected chi connectivity index (χ4v) is 4.27. The zero-order valence-electron chi connectivity index (χ0n) is 13.6. The highest BCUT2D eigenvalue weighted by molar-refractivity contribution is 7.89. The minimum Gasteiger partial charge on any atom is -0.379 e. The normalized spacial score (nSPS) is 15.6. The molecule has 0 saturated carbocycles. The van der Waals surface area contributed by atoms with Crippen LogP contribution in [0.1, 0.15) is 10.4 Å². The highest BCUT2D eigenvalue weighted by Crippen LogP contribution is 2.25. The monoisotopic (exact) mass is 414 g/mol. The molecule has 1 heterocycles. The number of sulfonamides is 1. The summed E-state index contributed by atoms with van der Waals surface area (Å²) in [6.45, 7) is 1.24. The van der Waals surface area contributed by atoms with Crippen molar-refractivity contribution in [3.05, 3.63) is 58.1 Å². The van der Waals surface area contributed by atoms with E-state index in [4.69, 9.17) is 27.9 Å². The third kappa shape index (κ3) is 4.19. The first-order valence-electron chi connectivity index (χ1n) is 7.82. The minimum absolute atomic E-state index is 0.0186. The van der Waals surface area contributed by atoms with Gasteiger partial charge in [-0.05, 0) is 42.5 Å². The molecule has 1 saturated heterocycles. The molecule has 0 aromatic heterocycles. The molecule has 0 radical (unpaired) electrons. The van der Waals surface area contributed by atoms with E-state index in [1.54, 1.807) is 24.3 Å². The van der Waals surface area contributed by atoms with Gasteiger partial charge in [0.1, 0.15) is 0 Å². The smallest absolute Gasteiger partial charge is 0.257 e. The molecule has 1 amide bonds. The van der Waals surface area contributed by atoms with E-state index in [0.717, 1.165) is 0 Å². The predicted molar refractivity (Wildman–Crippen MR) is 100 cm³/mol. The maximum atomic E-state index is 12.8. The lowest BCUT2D eigenvalue weighted by atomic mass is 10.2. The molecular formula is C17H16Cl2N2O4S. The number of morpholine rings is 1. The molecule has 26 heavy (non-hydrogen) atoms. The van der Waals surface area contributed by atoms with E-state index in [9.17, 15) is 13.2 Å². The van der Waals surface area contributed by atoms with E-state index in [1.807, 2.05) is 0 Å². The molecular weight excluding hydrogens is 399 g/mol. The van der Waals surface area contributed by atoms with Crippen LogP contribution in [0, 0.1) is 0 Å². The molecule has 2 aromatic carbocycles. The fraction of sp³-hybridized carbons (Fsp3) is 0.235. The topological polar surface area (TPSA) is 75.7 Å². The number of anilines is 1. The van der Waals surface area contributed by atoms with Crippen LogP contribution in [0.2, 0.25) is 10.0 Å². The lowest BCUT2D eigenvalue weighted by molar-refractivity contribution is 0.0730. The van der Waals surface area contributed by atoms with E-state index in [1.165, 1.54) is 22.5 Å². The molecule has 0 unspecified atom stereocenters. The first-order valence-corrected chi connectivity index (χ1v) is 10.0. The van der Waals surface area contributed by atoms with Crippen molar-refractivity contribution in [2.24, 2.45) is 0 Å². The minimum atomic E-state index is -3.72. The molecule has 9 heteroatoms. The van der Waals surface area contributed by atoms with Gasteiger partial charge in [0.25, 0.3) is 5.91 Å². The lowest BCUT2D eigenvalue weighted by Gasteiger charge is -2.26. The number of hydrogen-bond donors (Lipinski definition) is 1. The van der Waals surface area contributed by atoms with Crippen molar-refractivity contribution < 1.29 is 17.9 Å². The molecule has 0 aliphatic carbocycles. The number of nitrogens with zero attached hydrogens (tertiary/aromatic N) is 1. The van der Waals surface area contributed by atoms with Crippen molar-refractivity contribution in [1.29, 1.82) is 0 Å². The molecule has 138 valence electrons. The molecule has 1 aliphatic heterocycles. The van der Waals surface area contributed by atoms with Gasteiger partial charge in [-0.15, -0.1) is 0 Å². The van der Waals surface area contributed by atoms with Gasteiger partial charge in [-0.3, -0.25) is 4.79 Å². The summed E-state index contributed by atoms with van der Waals surface area (Å²) in [6.07, 6.45) is 0. The van der Waals surface area contributed by atoms with Crippen molar-refractivity contribution in [2.75, 3.05) is 31.6 Å². The number of carbonyl (C=O) groups excluding carboxylic acids is 1. The summed E-state index contributed by atoms with van der Waals surface area (Å²) in [5, 5.41) is 3.38. The van der Waals surface area contributed by atoms with E-state index in [-0.39, 0.29) is 28.6 Å². The Bertz CT molecular complexity index is 911. The van der Waals surface area contributed by atoms with Gasteiger partial charge in [-0.2, -0.15) is 4.31 Å². The van der Waals surface area contributed by atoms with Gasteiger partial charge in [0.2, 0.25) is 10.0 Å². The number of ether oxygens (including phenoxy) is 1. The first kappa shape index (κ1) is 19.1. The highest BCUT2D eigenvalue weighted by Gasteiger charge is 2.27. The third-order valence-electron chi connectivity index (χ3n) is 3.89. The average molecular weight is 415 g/mol. The van der Waals surface area contributed by atoms with Crippen LogP contribution in [-0.2, 0) is 14.8 Å². The summed E-state index contributed by atoms with van der Waals surface area (Å²) in [7, 11) is -3.72. The zero-order valence-corrected chi connectivity index (χ0v) is 15.9. The van der Waals surface area contributed by atoms with Crippen LogP contribution in [0.25, 0.3) is 0 Å². The molecule has 0 spiro atoms. The number of amides is 1. The number of carbonyl (C=O) groups is 1. The van der Waals surface area contributed by atoms with Crippen LogP contribution >= 0.6 is 23.2 Å². The van der Waals surface area contributed by atoms with Crippen LogP contribution in [-0.4, -0.2) is 44.9 Å². The summed E-state index contributed by atoms with van der Waals surface area (Å²) >= 11 is 11.9.